The highest BCUT2D eigenvalue weighted by Gasteiger charge is 2.20. The van der Waals surface area contributed by atoms with Crippen molar-refractivity contribution >= 4 is 29.9 Å². The van der Waals surface area contributed by atoms with Crippen molar-refractivity contribution < 1.29 is 4.42 Å². The maximum absolute atomic E-state index is 5.28. The summed E-state index contributed by atoms with van der Waals surface area (Å²) < 4.78 is 5.28. The zero-order valence-electron chi connectivity index (χ0n) is 10.8. The van der Waals surface area contributed by atoms with Crippen molar-refractivity contribution in [1.82, 2.24) is 10.6 Å². The van der Waals surface area contributed by atoms with Crippen LogP contribution < -0.4 is 10.6 Å². The van der Waals surface area contributed by atoms with Crippen molar-refractivity contribution in [2.75, 3.05) is 19.6 Å². The van der Waals surface area contributed by atoms with Crippen LogP contribution in [0.1, 0.15) is 25.5 Å². The molecule has 18 heavy (non-hydrogen) atoms. The Morgan fingerprint density at radius 2 is 2.28 bits per heavy atom. The summed E-state index contributed by atoms with van der Waals surface area (Å²) in [5.41, 5.74) is 0. The van der Waals surface area contributed by atoms with Gasteiger partial charge in [0.05, 0.1) is 6.26 Å². The minimum absolute atomic E-state index is 0. The lowest BCUT2D eigenvalue weighted by Crippen LogP contribution is -2.38. The Morgan fingerprint density at radius 3 is 2.89 bits per heavy atom. The molecular weight excluding hydrogens is 341 g/mol. The van der Waals surface area contributed by atoms with Gasteiger partial charge in [-0.25, -0.2) is 0 Å². The Kier molecular flexibility index (Phi) is 7.15. The molecule has 0 aromatic carbocycles. The number of nitrogens with zero attached hydrogens (tertiary/aromatic N) is 1. The maximum Gasteiger partial charge on any atom is 0.191 e. The molecule has 0 aliphatic heterocycles. The Labute approximate surface area is 126 Å². The Bertz CT molecular complexity index is 347. The summed E-state index contributed by atoms with van der Waals surface area (Å²) in [6.07, 6.45) is 5.28. The molecule has 1 aliphatic carbocycles. The van der Waals surface area contributed by atoms with Gasteiger partial charge in [-0.15, -0.1) is 24.0 Å². The molecular formula is C13H22IN3O. The second-order valence-corrected chi connectivity index (χ2v) is 4.42. The fourth-order valence-corrected chi connectivity index (χ4v) is 1.62. The van der Waals surface area contributed by atoms with E-state index in [9.17, 15) is 0 Å². The summed E-state index contributed by atoms with van der Waals surface area (Å²) in [7, 11) is 0. The molecule has 0 bridgehead atoms. The maximum atomic E-state index is 5.28. The fourth-order valence-electron chi connectivity index (χ4n) is 1.62. The molecule has 0 saturated heterocycles. The lowest BCUT2D eigenvalue weighted by Gasteiger charge is -2.10. The number of rotatable bonds is 6. The summed E-state index contributed by atoms with van der Waals surface area (Å²) in [5, 5.41) is 6.58. The van der Waals surface area contributed by atoms with E-state index in [1.54, 1.807) is 6.26 Å². The first-order valence-electron chi connectivity index (χ1n) is 6.43. The fraction of sp³-hybridized carbons (Fsp3) is 0.615. The van der Waals surface area contributed by atoms with E-state index in [0.29, 0.717) is 0 Å². The molecule has 1 fully saturated rings. The van der Waals surface area contributed by atoms with E-state index in [2.05, 4.69) is 22.5 Å². The van der Waals surface area contributed by atoms with Gasteiger partial charge in [0, 0.05) is 26.1 Å². The zero-order valence-corrected chi connectivity index (χ0v) is 13.1. The third-order valence-corrected chi connectivity index (χ3v) is 2.79. The molecule has 1 aliphatic rings. The van der Waals surface area contributed by atoms with E-state index >= 15 is 0 Å². The Hall–Kier alpha value is -0.720. The molecule has 2 rings (SSSR count). The topological polar surface area (TPSA) is 49.6 Å². The van der Waals surface area contributed by atoms with Crippen LogP contribution in [0.5, 0.6) is 0 Å². The second kappa shape index (κ2) is 8.39. The van der Waals surface area contributed by atoms with Gasteiger partial charge in [0.2, 0.25) is 0 Å². The molecule has 0 unspecified atom stereocenters. The molecule has 0 spiro atoms. The molecule has 4 nitrogen and oxygen atoms in total. The summed E-state index contributed by atoms with van der Waals surface area (Å²) in [4.78, 5) is 4.56. The predicted octanol–water partition coefficient (Wildman–Crippen LogP) is 2.41. The molecule has 2 N–H and O–H groups in total. The number of hydrogen-bond donors (Lipinski definition) is 2. The summed E-state index contributed by atoms with van der Waals surface area (Å²) in [6, 6.07) is 3.91. The van der Waals surface area contributed by atoms with E-state index < -0.39 is 0 Å². The average Bonchev–Trinajstić information content (AvgIpc) is 3.02. The third-order valence-electron chi connectivity index (χ3n) is 2.79. The Morgan fingerprint density at radius 1 is 1.44 bits per heavy atom. The van der Waals surface area contributed by atoms with Gasteiger partial charge >= 0.3 is 0 Å². The molecule has 1 aromatic heterocycles. The van der Waals surface area contributed by atoms with E-state index in [1.165, 1.54) is 12.8 Å². The van der Waals surface area contributed by atoms with Crippen LogP contribution in [0.4, 0.5) is 0 Å². The van der Waals surface area contributed by atoms with E-state index in [4.69, 9.17) is 4.42 Å². The molecule has 0 amide bonds. The van der Waals surface area contributed by atoms with Crippen LogP contribution in [0.3, 0.4) is 0 Å². The quantitative estimate of drug-likeness (QED) is 0.464. The van der Waals surface area contributed by atoms with Gasteiger partial charge in [-0.2, -0.15) is 0 Å². The van der Waals surface area contributed by atoms with Crippen molar-refractivity contribution in [2.24, 2.45) is 10.9 Å². The molecule has 102 valence electrons. The lowest BCUT2D eigenvalue weighted by molar-refractivity contribution is 0.507. The van der Waals surface area contributed by atoms with Gasteiger partial charge in [-0.3, -0.25) is 4.99 Å². The first-order valence-corrected chi connectivity index (χ1v) is 6.43. The van der Waals surface area contributed by atoms with Gasteiger partial charge in [-0.1, -0.05) is 0 Å². The monoisotopic (exact) mass is 363 g/mol. The standard InChI is InChI=1S/C13H21N3O.HI/c1-2-14-13(16-10-11-5-6-11)15-8-7-12-4-3-9-17-12;/h3-4,9,11H,2,5-8,10H2,1H3,(H2,14,15,16);1H. The van der Waals surface area contributed by atoms with E-state index in [0.717, 1.165) is 43.7 Å². The van der Waals surface area contributed by atoms with Gasteiger partial charge in [0.1, 0.15) is 5.76 Å². The largest absolute Gasteiger partial charge is 0.469 e. The van der Waals surface area contributed by atoms with Crippen LogP contribution in [-0.4, -0.2) is 25.6 Å². The highest BCUT2D eigenvalue weighted by atomic mass is 127. The summed E-state index contributed by atoms with van der Waals surface area (Å²) >= 11 is 0. The van der Waals surface area contributed by atoms with Crippen molar-refractivity contribution in [3.63, 3.8) is 0 Å². The number of nitrogens with one attached hydrogen (secondary N) is 2. The average molecular weight is 363 g/mol. The van der Waals surface area contributed by atoms with Crippen LogP contribution in [0.2, 0.25) is 0 Å². The van der Waals surface area contributed by atoms with Crippen molar-refractivity contribution in [2.45, 2.75) is 26.2 Å². The van der Waals surface area contributed by atoms with Crippen molar-refractivity contribution in [1.29, 1.82) is 0 Å². The highest BCUT2D eigenvalue weighted by Crippen LogP contribution is 2.28. The highest BCUT2D eigenvalue weighted by molar-refractivity contribution is 14.0. The molecule has 1 saturated carbocycles. The zero-order chi connectivity index (χ0) is 11.9. The van der Waals surface area contributed by atoms with E-state index in [1.807, 2.05) is 12.1 Å². The number of halogens is 1. The summed E-state index contributed by atoms with van der Waals surface area (Å²) in [6.45, 7) is 4.79. The number of guanidine groups is 1. The van der Waals surface area contributed by atoms with Gasteiger partial charge in [-0.05, 0) is 37.8 Å². The van der Waals surface area contributed by atoms with Crippen molar-refractivity contribution in [3.05, 3.63) is 24.2 Å². The third kappa shape index (κ3) is 5.75. The number of aliphatic imine (C=N–C) groups is 1. The van der Waals surface area contributed by atoms with Crippen LogP contribution in [0.25, 0.3) is 0 Å². The predicted molar refractivity (Wildman–Crippen MR) is 84.5 cm³/mol. The van der Waals surface area contributed by atoms with Crippen LogP contribution >= 0.6 is 24.0 Å². The lowest BCUT2D eigenvalue weighted by atomic mass is 10.3. The summed E-state index contributed by atoms with van der Waals surface area (Å²) in [5.74, 6) is 2.76. The molecule has 1 aromatic rings. The van der Waals surface area contributed by atoms with Gasteiger partial charge in [0.15, 0.2) is 5.96 Å². The molecule has 5 heteroatoms. The first kappa shape index (κ1) is 15.3. The SMILES string of the molecule is CCNC(=NCC1CC1)NCCc1ccco1.I. The minimum atomic E-state index is 0. The van der Waals surface area contributed by atoms with E-state index in [-0.39, 0.29) is 24.0 Å². The van der Waals surface area contributed by atoms with Crippen molar-refractivity contribution in [3.8, 4) is 0 Å². The van der Waals surface area contributed by atoms with Gasteiger partial charge in [0.25, 0.3) is 0 Å². The molecule has 1 heterocycles. The molecule has 0 radical (unpaired) electrons. The minimum Gasteiger partial charge on any atom is -0.469 e. The van der Waals surface area contributed by atoms with Crippen LogP contribution in [0, 0.1) is 5.92 Å². The van der Waals surface area contributed by atoms with Crippen LogP contribution in [0.15, 0.2) is 27.8 Å². The normalized spacial score (nSPS) is 15.1. The first-order chi connectivity index (χ1) is 8.38. The smallest absolute Gasteiger partial charge is 0.191 e. The molecule has 0 atom stereocenters. The second-order valence-electron chi connectivity index (χ2n) is 4.42. The Balaban J connectivity index is 0.00000162. The van der Waals surface area contributed by atoms with Gasteiger partial charge < -0.3 is 15.1 Å². The van der Waals surface area contributed by atoms with Crippen LogP contribution in [-0.2, 0) is 6.42 Å². The number of furan rings is 1. The number of hydrogen-bond acceptors (Lipinski definition) is 2.